The Balaban J connectivity index is 1.22. The number of benzene rings is 3. The van der Waals surface area contributed by atoms with Crippen LogP contribution in [0.25, 0.3) is 40.0 Å². The summed E-state index contributed by atoms with van der Waals surface area (Å²) in [6, 6.07) is 22.9. The molecule has 2 heterocycles. The molecule has 7 nitrogen and oxygen atoms in total. The number of aromatic hydroxyl groups is 1. The van der Waals surface area contributed by atoms with E-state index < -0.39 is 5.91 Å². The minimum atomic E-state index is -0.435. The number of rotatable bonds is 5. The predicted octanol–water partition coefficient (Wildman–Crippen LogP) is 6.64. The average Bonchev–Trinajstić information content (AvgIpc) is 3.51. The Morgan fingerprint density at radius 3 is 2.61 bits per heavy atom. The van der Waals surface area contributed by atoms with Gasteiger partial charge in [-0.15, -0.1) is 0 Å². The van der Waals surface area contributed by atoms with Crippen LogP contribution in [0.2, 0.25) is 5.02 Å². The second-order valence-electron chi connectivity index (χ2n) is 7.70. The van der Waals surface area contributed by atoms with E-state index in [1.54, 1.807) is 42.5 Å². The van der Waals surface area contributed by atoms with Gasteiger partial charge in [0.1, 0.15) is 22.8 Å². The van der Waals surface area contributed by atoms with Crippen molar-refractivity contribution >= 4 is 57.7 Å². The van der Waals surface area contributed by atoms with E-state index in [-0.39, 0.29) is 16.8 Å². The van der Waals surface area contributed by atoms with Gasteiger partial charge in [0, 0.05) is 22.3 Å². The van der Waals surface area contributed by atoms with Crippen LogP contribution in [0, 0.1) is 0 Å². The molecule has 3 aromatic carbocycles. The number of hydrogen-bond donors (Lipinski definition) is 3. The minimum absolute atomic E-state index is 0.00131. The molecule has 0 aliphatic carbocycles. The number of furan rings is 1. The summed E-state index contributed by atoms with van der Waals surface area (Å²) in [4.78, 5) is 16.7. The van der Waals surface area contributed by atoms with Crippen LogP contribution >= 0.6 is 23.8 Å². The van der Waals surface area contributed by atoms with E-state index in [1.165, 1.54) is 12.1 Å². The summed E-state index contributed by atoms with van der Waals surface area (Å²) >= 11 is 11.2. The average molecular weight is 516 g/mol. The number of anilines is 1. The molecule has 0 saturated carbocycles. The van der Waals surface area contributed by atoms with Gasteiger partial charge in [-0.3, -0.25) is 10.1 Å². The number of nitrogens with one attached hydrogen (secondary N) is 2. The van der Waals surface area contributed by atoms with Crippen LogP contribution in [0.15, 0.2) is 93.8 Å². The predicted molar refractivity (Wildman–Crippen MR) is 144 cm³/mol. The number of halogens is 1. The van der Waals surface area contributed by atoms with E-state index in [4.69, 9.17) is 32.7 Å². The summed E-state index contributed by atoms with van der Waals surface area (Å²) in [5.41, 5.74) is 3.09. The Labute approximate surface area is 216 Å². The van der Waals surface area contributed by atoms with Crippen molar-refractivity contribution in [1.29, 1.82) is 0 Å². The van der Waals surface area contributed by atoms with Crippen LogP contribution < -0.4 is 10.6 Å². The standard InChI is InChI=1S/C27H18ClN3O4S/c28-17-7-5-16(6-8-17)23-13-10-19(34-23)11-14-25(33)31-27(36)29-18-9-12-22(32)20(15-18)26-30-21-3-1-2-4-24(21)35-26/h1-15,32H,(H2,29,31,33,36). The lowest BCUT2D eigenvalue weighted by Crippen LogP contribution is -2.32. The zero-order chi connectivity index (χ0) is 25.1. The number of phenols is 1. The van der Waals surface area contributed by atoms with Crippen molar-refractivity contribution in [2.45, 2.75) is 0 Å². The lowest BCUT2D eigenvalue weighted by Gasteiger charge is -2.09. The number of carbonyl (C=O) groups excluding carboxylic acids is 1. The lowest BCUT2D eigenvalue weighted by molar-refractivity contribution is -0.115. The second kappa shape index (κ2) is 10.1. The third-order valence-electron chi connectivity index (χ3n) is 5.17. The molecule has 3 N–H and O–H groups in total. The molecule has 0 radical (unpaired) electrons. The van der Waals surface area contributed by atoms with Crippen LogP contribution in [0.1, 0.15) is 5.76 Å². The summed E-state index contributed by atoms with van der Waals surface area (Å²) < 4.78 is 11.5. The fourth-order valence-electron chi connectivity index (χ4n) is 3.46. The van der Waals surface area contributed by atoms with Gasteiger partial charge in [0.2, 0.25) is 11.8 Å². The first-order chi connectivity index (χ1) is 17.4. The van der Waals surface area contributed by atoms with Gasteiger partial charge in [-0.25, -0.2) is 4.98 Å². The summed E-state index contributed by atoms with van der Waals surface area (Å²) in [5.74, 6) is 1.00. The number of amides is 1. The van der Waals surface area contributed by atoms with Crippen molar-refractivity contribution in [3.63, 3.8) is 0 Å². The lowest BCUT2D eigenvalue weighted by atomic mass is 10.1. The third-order valence-corrected chi connectivity index (χ3v) is 5.63. The topological polar surface area (TPSA) is 101 Å². The van der Waals surface area contributed by atoms with Gasteiger partial charge in [0.15, 0.2) is 10.7 Å². The molecule has 0 spiro atoms. The van der Waals surface area contributed by atoms with E-state index in [1.807, 2.05) is 36.4 Å². The van der Waals surface area contributed by atoms with E-state index in [0.29, 0.717) is 38.9 Å². The Hall–Kier alpha value is -4.40. The Morgan fingerprint density at radius 1 is 1.00 bits per heavy atom. The van der Waals surface area contributed by atoms with Crippen molar-refractivity contribution in [2.75, 3.05) is 5.32 Å². The molecule has 0 unspecified atom stereocenters. The quantitative estimate of drug-likeness (QED) is 0.137. The van der Waals surface area contributed by atoms with Gasteiger partial charge in [-0.1, -0.05) is 23.7 Å². The molecule has 0 fully saturated rings. The summed E-state index contributed by atoms with van der Waals surface area (Å²) in [6.07, 6.45) is 2.86. The van der Waals surface area contributed by atoms with Crippen molar-refractivity contribution < 1.29 is 18.7 Å². The Bertz CT molecular complexity index is 1570. The number of hydrogen-bond acceptors (Lipinski definition) is 6. The molecule has 5 rings (SSSR count). The van der Waals surface area contributed by atoms with E-state index >= 15 is 0 Å². The number of thiocarbonyl (C=S) groups is 1. The molecule has 36 heavy (non-hydrogen) atoms. The summed E-state index contributed by atoms with van der Waals surface area (Å²) in [7, 11) is 0. The third kappa shape index (κ3) is 5.30. The first-order valence-electron chi connectivity index (χ1n) is 10.8. The Kier molecular flexibility index (Phi) is 6.53. The zero-order valence-electron chi connectivity index (χ0n) is 18.6. The maximum absolute atomic E-state index is 12.3. The molecule has 2 aromatic heterocycles. The maximum Gasteiger partial charge on any atom is 0.250 e. The van der Waals surface area contributed by atoms with Gasteiger partial charge in [-0.05, 0) is 85.0 Å². The van der Waals surface area contributed by atoms with Gasteiger partial charge < -0.3 is 19.3 Å². The maximum atomic E-state index is 12.3. The largest absolute Gasteiger partial charge is 0.507 e. The highest BCUT2D eigenvalue weighted by Crippen LogP contribution is 2.33. The number of aromatic nitrogens is 1. The van der Waals surface area contributed by atoms with Crippen molar-refractivity contribution in [1.82, 2.24) is 10.3 Å². The fraction of sp³-hybridized carbons (Fsp3) is 0. The number of nitrogens with zero attached hydrogens (tertiary/aromatic N) is 1. The molecule has 178 valence electrons. The van der Waals surface area contributed by atoms with Crippen LogP contribution in [0.3, 0.4) is 0 Å². The van der Waals surface area contributed by atoms with Crippen molar-refractivity contribution in [3.8, 4) is 28.5 Å². The normalized spacial score (nSPS) is 11.1. The monoisotopic (exact) mass is 515 g/mol. The zero-order valence-corrected chi connectivity index (χ0v) is 20.1. The molecule has 9 heteroatoms. The summed E-state index contributed by atoms with van der Waals surface area (Å²) in [5, 5.41) is 16.5. The Morgan fingerprint density at radius 2 is 1.81 bits per heavy atom. The molecule has 5 aromatic rings. The number of para-hydroxylation sites is 2. The molecule has 0 aliphatic heterocycles. The highest BCUT2D eigenvalue weighted by molar-refractivity contribution is 7.80. The smallest absolute Gasteiger partial charge is 0.250 e. The molecule has 0 bridgehead atoms. The highest BCUT2D eigenvalue weighted by Gasteiger charge is 2.14. The number of oxazole rings is 1. The minimum Gasteiger partial charge on any atom is -0.507 e. The number of phenolic OH excluding ortho intramolecular Hbond substituents is 1. The van der Waals surface area contributed by atoms with Crippen LogP contribution in [0.5, 0.6) is 5.75 Å². The molecular formula is C27H18ClN3O4S. The summed E-state index contributed by atoms with van der Waals surface area (Å²) in [6.45, 7) is 0. The SMILES string of the molecule is O=C(C=Cc1ccc(-c2ccc(Cl)cc2)o1)NC(=S)Nc1ccc(O)c(-c2nc3ccccc3o2)c1. The first-order valence-corrected chi connectivity index (χ1v) is 11.6. The molecule has 0 aliphatic rings. The van der Waals surface area contributed by atoms with Crippen molar-refractivity contribution in [3.05, 3.63) is 95.7 Å². The van der Waals surface area contributed by atoms with Crippen LogP contribution in [-0.4, -0.2) is 21.1 Å². The van der Waals surface area contributed by atoms with Gasteiger partial charge >= 0.3 is 0 Å². The second-order valence-corrected chi connectivity index (χ2v) is 8.55. The van der Waals surface area contributed by atoms with Crippen LogP contribution in [-0.2, 0) is 4.79 Å². The molecule has 0 saturated heterocycles. The highest BCUT2D eigenvalue weighted by atomic mass is 35.5. The molecule has 1 amide bonds. The first kappa shape index (κ1) is 23.3. The van der Waals surface area contributed by atoms with Gasteiger partial charge in [-0.2, -0.15) is 0 Å². The van der Waals surface area contributed by atoms with Crippen molar-refractivity contribution in [2.24, 2.45) is 0 Å². The van der Waals surface area contributed by atoms with E-state index in [2.05, 4.69) is 15.6 Å². The number of carbonyl (C=O) groups is 1. The van der Waals surface area contributed by atoms with E-state index in [0.717, 1.165) is 5.56 Å². The fourth-order valence-corrected chi connectivity index (χ4v) is 3.80. The molecular weight excluding hydrogens is 498 g/mol. The molecule has 0 atom stereocenters. The van der Waals surface area contributed by atoms with Gasteiger partial charge in [0.05, 0.1) is 5.56 Å². The van der Waals surface area contributed by atoms with Crippen LogP contribution in [0.4, 0.5) is 5.69 Å². The van der Waals surface area contributed by atoms with E-state index in [9.17, 15) is 9.90 Å². The van der Waals surface area contributed by atoms with Gasteiger partial charge in [0.25, 0.3) is 0 Å². The number of fused-ring (bicyclic) bond motifs is 1.